The maximum atomic E-state index is 12.3. The van der Waals surface area contributed by atoms with E-state index in [4.69, 9.17) is 0 Å². The summed E-state index contributed by atoms with van der Waals surface area (Å²) in [5, 5.41) is 7.53. The fourth-order valence-electron chi connectivity index (χ4n) is 2.73. The van der Waals surface area contributed by atoms with Crippen LogP contribution in [0, 0.1) is 0 Å². The van der Waals surface area contributed by atoms with Gasteiger partial charge in [0.05, 0.1) is 11.7 Å². The van der Waals surface area contributed by atoms with Gasteiger partial charge in [0.1, 0.15) is 0 Å². The van der Waals surface area contributed by atoms with E-state index in [0.717, 1.165) is 31.6 Å². The van der Waals surface area contributed by atoms with E-state index in [2.05, 4.69) is 17.3 Å². The molecule has 1 aromatic heterocycles. The zero-order valence-electron chi connectivity index (χ0n) is 12.1. The summed E-state index contributed by atoms with van der Waals surface area (Å²) in [6, 6.07) is 1.95. The van der Waals surface area contributed by atoms with Gasteiger partial charge >= 0.3 is 0 Å². The molecule has 2 heterocycles. The van der Waals surface area contributed by atoms with Crippen LogP contribution in [0.1, 0.15) is 44.8 Å². The van der Waals surface area contributed by atoms with Crippen molar-refractivity contribution in [2.45, 2.75) is 45.2 Å². The smallest absolute Gasteiger partial charge is 0.239 e. The molecule has 2 unspecified atom stereocenters. The van der Waals surface area contributed by atoms with Crippen LogP contribution in [0.15, 0.2) is 12.3 Å². The van der Waals surface area contributed by atoms with Gasteiger partial charge in [-0.25, -0.2) is 0 Å². The topological polar surface area (TPSA) is 50.2 Å². The molecule has 5 heteroatoms. The molecule has 1 aliphatic rings. The molecule has 0 bridgehead atoms. The van der Waals surface area contributed by atoms with Crippen molar-refractivity contribution in [2.24, 2.45) is 7.05 Å². The second kappa shape index (κ2) is 6.19. The lowest BCUT2D eigenvalue weighted by molar-refractivity contribution is -0.134. The maximum Gasteiger partial charge on any atom is 0.239 e. The predicted molar refractivity (Wildman–Crippen MR) is 74.7 cm³/mol. The van der Waals surface area contributed by atoms with Crippen LogP contribution in [0.2, 0.25) is 0 Å². The molecule has 1 saturated heterocycles. The summed E-state index contributed by atoms with van der Waals surface area (Å²) in [5.41, 5.74) is 1.10. The van der Waals surface area contributed by atoms with Crippen molar-refractivity contribution in [3.63, 3.8) is 0 Å². The van der Waals surface area contributed by atoms with Crippen molar-refractivity contribution in [3.05, 3.63) is 18.0 Å². The number of likely N-dealkylation sites (tertiary alicyclic amines) is 1. The molecule has 106 valence electrons. The summed E-state index contributed by atoms with van der Waals surface area (Å²) in [5.74, 6) is 0.216. The van der Waals surface area contributed by atoms with E-state index in [-0.39, 0.29) is 18.0 Å². The molecular formula is C14H24N4O. The van der Waals surface area contributed by atoms with Crippen LogP contribution in [-0.4, -0.2) is 39.7 Å². The van der Waals surface area contributed by atoms with Crippen molar-refractivity contribution in [1.82, 2.24) is 20.0 Å². The normalized spacial score (nSPS) is 19.2. The SMILES string of the molecule is CC(NC(C)c1ccnn1C)C(=O)N1CCCCC1. The zero-order valence-corrected chi connectivity index (χ0v) is 12.1. The number of nitrogens with one attached hydrogen (secondary N) is 1. The molecule has 2 rings (SSSR count). The number of hydrogen-bond acceptors (Lipinski definition) is 3. The summed E-state index contributed by atoms with van der Waals surface area (Å²) in [6.07, 6.45) is 5.30. The Morgan fingerprint density at radius 3 is 2.58 bits per heavy atom. The molecule has 0 aromatic carbocycles. The lowest BCUT2D eigenvalue weighted by atomic mass is 10.1. The Labute approximate surface area is 115 Å². The highest BCUT2D eigenvalue weighted by Gasteiger charge is 2.23. The molecule has 0 radical (unpaired) electrons. The van der Waals surface area contributed by atoms with Crippen molar-refractivity contribution < 1.29 is 4.79 Å². The van der Waals surface area contributed by atoms with E-state index in [9.17, 15) is 4.79 Å². The Balaban J connectivity index is 1.91. The van der Waals surface area contributed by atoms with E-state index in [1.807, 2.05) is 29.6 Å². The average molecular weight is 264 g/mol. The Hall–Kier alpha value is -1.36. The molecule has 1 amide bonds. The molecule has 2 atom stereocenters. The van der Waals surface area contributed by atoms with Gasteiger partial charge in [0.2, 0.25) is 5.91 Å². The van der Waals surface area contributed by atoms with Crippen LogP contribution < -0.4 is 5.32 Å². The van der Waals surface area contributed by atoms with Crippen LogP contribution >= 0.6 is 0 Å². The molecular weight excluding hydrogens is 240 g/mol. The van der Waals surface area contributed by atoms with Crippen LogP contribution in [0.3, 0.4) is 0 Å². The van der Waals surface area contributed by atoms with Crippen LogP contribution in [0.5, 0.6) is 0 Å². The first-order valence-electron chi connectivity index (χ1n) is 7.12. The monoisotopic (exact) mass is 264 g/mol. The van der Waals surface area contributed by atoms with Gasteiger partial charge in [-0.3, -0.25) is 14.8 Å². The number of amides is 1. The predicted octanol–water partition coefficient (Wildman–Crippen LogP) is 1.47. The van der Waals surface area contributed by atoms with Crippen molar-refractivity contribution in [2.75, 3.05) is 13.1 Å². The minimum atomic E-state index is -0.150. The van der Waals surface area contributed by atoms with Gasteiger partial charge in [0.15, 0.2) is 0 Å². The third-order valence-corrected chi connectivity index (χ3v) is 3.84. The summed E-state index contributed by atoms with van der Waals surface area (Å²) in [7, 11) is 1.92. The molecule has 5 nitrogen and oxygen atoms in total. The van der Waals surface area contributed by atoms with E-state index < -0.39 is 0 Å². The van der Waals surface area contributed by atoms with Crippen molar-refractivity contribution in [3.8, 4) is 0 Å². The van der Waals surface area contributed by atoms with Crippen LogP contribution in [0.4, 0.5) is 0 Å². The van der Waals surface area contributed by atoms with Gasteiger partial charge in [0.25, 0.3) is 0 Å². The van der Waals surface area contributed by atoms with E-state index in [1.54, 1.807) is 6.20 Å². The summed E-state index contributed by atoms with van der Waals surface area (Å²) in [4.78, 5) is 14.3. The highest BCUT2D eigenvalue weighted by atomic mass is 16.2. The Morgan fingerprint density at radius 2 is 2.00 bits per heavy atom. The third kappa shape index (κ3) is 3.35. The number of aryl methyl sites for hydroxylation is 1. The fourth-order valence-corrected chi connectivity index (χ4v) is 2.73. The van der Waals surface area contributed by atoms with Gasteiger partial charge in [-0.05, 0) is 39.2 Å². The number of carbonyl (C=O) groups is 1. The lowest BCUT2D eigenvalue weighted by Crippen LogP contribution is -2.47. The molecule has 0 spiro atoms. The molecule has 0 saturated carbocycles. The largest absolute Gasteiger partial charge is 0.341 e. The maximum absolute atomic E-state index is 12.3. The van der Waals surface area contributed by atoms with Gasteiger partial charge < -0.3 is 4.90 Å². The quantitative estimate of drug-likeness (QED) is 0.896. The number of piperidine rings is 1. The van der Waals surface area contributed by atoms with Crippen molar-refractivity contribution >= 4 is 5.91 Å². The Morgan fingerprint density at radius 1 is 1.32 bits per heavy atom. The number of rotatable bonds is 4. The fraction of sp³-hybridized carbons (Fsp3) is 0.714. The standard InChI is InChI=1S/C14H24N4O/c1-11(13-7-8-15-17(13)3)16-12(2)14(19)18-9-5-4-6-10-18/h7-8,11-12,16H,4-6,9-10H2,1-3H3. The number of carbonyl (C=O) groups excluding carboxylic acids is 1. The Kier molecular flexibility index (Phi) is 4.58. The zero-order chi connectivity index (χ0) is 13.8. The highest BCUT2D eigenvalue weighted by molar-refractivity contribution is 5.81. The summed E-state index contributed by atoms with van der Waals surface area (Å²) in [6.45, 7) is 5.83. The van der Waals surface area contributed by atoms with Crippen LogP contribution in [0.25, 0.3) is 0 Å². The number of nitrogens with zero attached hydrogens (tertiary/aromatic N) is 3. The molecule has 19 heavy (non-hydrogen) atoms. The first-order chi connectivity index (χ1) is 9.09. The van der Waals surface area contributed by atoms with E-state index >= 15 is 0 Å². The number of hydrogen-bond donors (Lipinski definition) is 1. The summed E-state index contributed by atoms with van der Waals surface area (Å²) < 4.78 is 1.84. The lowest BCUT2D eigenvalue weighted by Gasteiger charge is -2.30. The van der Waals surface area contributed by atoms with Gasteiger partial charge in [-0.1, -0.05) is 0 Å². The highest BCUT2D eigenvalue weighted by Crippen LogP contribution is 2.14. The number of aromatic nitrogens is 2. The minimum absolute atomic E-state index is 0.122. The average Bonchev–Trinajstić information content (AvgIpc) is 2.85. The van der Waals surface area contributed by atoms with Crippen LogP contribution in [-0.2, 0) is 11.8 Å². The second-order valence-corrected chi connectivity index (χ2v) is 5.38. The minimum Gasteiger partial charge on any atom is -0.341 e. The third-order valence-electron chi connectivity index (χ3n) is 3.84. The molecule has 1 N–H and O–H groups in total. The van der Waals surface area contributed by atoms with Gasteiger partial charge in [-0.2, -0.15) is 5.10 Å². The molecule has 1 fully saturated rings. The van der Waals surface area contributed by atoms with Gasteiger partial charge in [0, 0.05) is 32.4 Å². The first-order valence-corrected chi connectivity index (χ1v) is 7.12. The van der Waals surface area contributed by atoms with Crippen molar-refractivity contribution in [1.29, 1.82) is 0 Å². The second-order valence-electron chi connectivity index (χ2n) is 5.38. The molecule has 0 aliphatic carbocycles. The van der Waals surface area contributed by atoms with E-state index in [1.165, 1.54) is 6.42 Å². The molecule has 1 aliphatic heterocycles. The Bertz CT molecular complexity index is 423. The molecule has 1 aromatic rings. The van der Waals surface area contributed by atoms with E-state index in [0.29, 0.717) is 0 Å². The van der Waals surface area contributed by atoms with Gasteiger partial charge in [-0.15, -0.1) is 0 Å². The first kappa shape index (κ1) is 14.1. The summed E-state index contributed by atoms with van der Waals surface area (Å²) >= 11 is 0.